The van der Waals surface area contributed by atoms with Crippen LogP contribution >= 0.6 is 0 Å². The van der Waals surface area contributed by atoms with Gasteiger partial charge < -0.3 is 16.6 Å². The highest BCUT2D eigenvalue weighted by atomic mass is 16.3. The number of amides is 1. The fourth-order valence-corrected chi connectivity index (χ4v) is 1.69. The summed E-state index contributed by atoms with van der Waals surface area (Å²) in [7, 11) is 0. The van der Waals surface area contributed by atoms with Gasteiger partial charge in [0.25, 0.3) is 0 Å². The lowest BCUT2D eigenvalue weighted by Crippen LogP contribution is -2.44. The van der Waals surface area contributed by atoms with Gasteiger partial charge in [-0.25, -0.2) is 0 Å². The third kappa shape index (κ3) is 2.19. The Bertz CT molecular complexity index is 164. The minimum atomic E-state index is -0.530. The summed E-state index contributed by atoms with van der Waals surface area (Å²) in [6.45, 7) is 0. The highest BCUT2D eigenvalue weighted by Gasteiger charge is 2.27. The highest BCUT2D eigenvalue weighted by Crippen LogP contribution is 2.25. The lowest BCUT2D eigenvalue weighted by molar-refractivity contribution is -0.120. The van der Waals surface area contributed by atoms with Gasteiger partial charge in [-0.15, -0.1) is 0 Å². The van der Waals surface area contributed by atoms with E-state index in [1.165, 1.54) is 0 Å². The zero-order valence-corrected chi connectivity index (χ0v) is 7.07. The molecule has 0 aromatic heterocycles. The summed E-state index contributed by atoms with van der Waals surface area (Å²) in [4.78, 5) is 10.7. The van der Waals surface area contributed by atoms with Gasteiger partial charge in [-0.1, -0.05) is 0 Å². The molecule has 1 rings (SSSR count). The van der Waals surface area contributed by atoms with E-state index in [-0.39, 0.29) is 12.0 Å². The summed E-state index contributed by atoms with van der Waals surface area (Å²) < 4.78 is 0. The first-order valence-electron chi connectivity index (χ1n) is 4.34. The molecule has 1 amide bonds. The molecule has 1 atom stereocenters. The molecule has 0 aliphatic heterocycles. The Morgan fingerprint density at radius 1 is 1.33 bits per heavy atom. The molecule has 0 bridgehead atoms. The van der Waals surface area contributed by atoms with Crippen LogP contribution in [0.1, 0.15) is 25.7 Å². The Labute approximate surface area is 71.9 Å². The molecule has 5 N–H and O–H groups in total. The van der Waals surface area contributed by atoms with E-state index < -0.39 is 11.9 Å². The van der Waals surface area contributed by atoms with Crippen molar-refractivity contribution in [3.05, 3.63) is 0 Å². The van der Waals surface area contributed by atoms with Crippen molar-refractivity contribution >= 4 is 5.91 Å². The van der Waals surface area contributed by atoms with Gasteiger partial charge in [0, 0.05) is 0 Å². The molecule has 0 radical (unpaired) electrons. The quantitative estimate of drug-likeness (QED) is 0.517. The van der Waals surface area contributed by atoms with E-state index >= 15 is 0 Å². The van der Waals surface area contributed by atoms with Crippen molar-refractivity contribution in [2.24, 2.45) is 17.4 Å². The van der Waals surface area contributed by atoms with Gasteiger partial charge in [-0.2, -0.15) is 0 Å². The van der Waals surface area contributed by atoms with Crippen molar-refractivity contribution in [3.8, 4) is 0 Å². The van der Waals surface area contributed by atoms with E-state index in [0.717, 1.165) is 25.7 Å². The average molecular weight is 172 g/mol. The van der Waals surface area contributed by atoms with Crippen LogP contribution in [0, 0.1) is 5.92 Å². The van der Waals surface area contributed by atoms with Gasteiger partial charge in [0.05, 0.1) is 12.1 Å². The van der Waals surface area contributed by atoms with Crippen LogP contribution in [0.3, 0.4) is 0 Å². The second-order valence-corrected chi connectivity index (χ2v) is 3.50. The number of nitrogens with two attached hydrogens (primary N) is 2. The van der Waals surface area contributed by atoms with Crippen LogP contribution in [0.5, 0.6) is 0 Å². The molecular weight excluding hydrogens is 156 g/mol. The molecule has 4 nitrogen and oxygen atoms in total. The molecule has 1 saturated carbocycles. The van der Waals surface area contributed by atoms with Crippen molar-refractivity contribution in [1.29, 1.82) is 0 Å². The number of primary amides is 1. The maximum absolute atomic E-state index is 10.7. The molecule has 1 unspecified atom stereocenters. The van der Waals surface area contributed by atoms with Crippen molar-refractivity contribution in [3.63, 3.8) is 0 Å². The van der Waals surface area contributed by atoms with Gasteiger partial charge in [0.2, 0.25) is 5.91 Å². The summed E-state index contributed by atoms with van der Waals surface area (Å²) in [5.41, 5.74) is 10.7. The predicted octanol–water partition coefficient (Wildman–Crippen LogP) is -0.650. The number of rotatable bonds is 2. The first-order valence-corrected chi connectivity index (χ1v) is 4.34. The van der Waals surface area contributed by atoms with Crippen molar-refractivity contribution in [2.45, 2.75) is 37.8 Å². The van der Waals surface area contributed by atoms with E-state index in [2.05, 4.69) is 0 Å². The molecule has 0 saturated heterocycles. The van der Waals surface area contributed by atoms with Crippen LogP contribution in [0.25, 0.3) is 0 Å². The molecule has 1 aliphatic rings. The summed E-state index contributed by atoms with van der Waals surface area (Å²) in [5.74, 6) is -0.262. The zero-order valence-electron chi connectivity index (χ0n) is 7.07. The Morgan fingerprint density at radius 2 is 1.83 bits per heavy atom. The number of hydrogen-bond donors (Lipinski definition) is 3. The number of carbonyl (C=O) groups excluding carboxylic acids is 1. The van der Waals surface area contributed by atoms with Crippen LogP contribution < -0.4 is 11.5 Å². The third-order valence-corrected chi connectivity index (χ3v) is 2.58. The van der Waals surface area contributed by atoms with Crippen LogP contribution in [0.2, 0.25) is 0 Å². The Balaban J connectivity index is 2.39. The fourth-order valence-electron chi connectivity index (χ4n) is 1.69. The van der Waals surface area contributed by atoms with Gasteiger partial charge >= 0.3 is 0 Å². The second kappa shape index (κ2) is 3.87. The summed E-state index contributed by atoms with van der Waals surface area (Å²) in [5, 5.41) is 9.19. The first kappa shape index (κ1) is 9.48. The van der Waals surface area contributed by atoms with E-state index in [9.17, 15) is 9.90 Å². The van der Waals surface area contributed by atoms with Crippen molar-refractivity contribution < 1.29 is 9.90 Å². The molecule has 4 heteroatoms. The first-order chi connectivity index (χ1) is 5.61. The standard InChI is InChI=1S/C8H16N2O2/c9-7(8(10)12)5-1-3-6(11)4-2-5/h5-7,11H,1-4,9H2,(H2,10,12)/t5-,6-,7?. The maximum Gasteiger partial charge on any atom is 0.234 e. The third-order valence-electron chi connectivity index (χ3n) is 2.58. The summed E-state index contributed by atoms with van der Waals surface area (Å²) in [6.07, 6.45) is 2.90. The molecule has 0 spiro atoms. The minimum Gasteiger partial charge on any atom is -0.393 e. The number of carbonyl (C=O) groups is 1. The van der Waals surface area contributed by atoms with Crippen molar-refractivity contribution in [2.75, 3.05) is 0 Å². The molecular formula is C8H16N2O2. The Kier molecular flexibility index (Phi) is 3.05. The second-order valence-electron chi connectivity index (χ2n) is 3.50. The van der Waals surface area contributed by atoms with E-state index in [0.29, 0.717) is 0 Å². The van der Waals surface area contributed by atoms with Crippen LogP contribution in [0.4, 0.5) is 0 Å². The Hall–Kier alpha value is -0.610. The SMILES string of the molecule is NC(=O)C(N)[C@H]1CC[C@H](O)CC1. The minimum absolute atomic E-state index is 0.172. The highest BCUT2D eigenvalue weighted by molar-refractivity contribution is 5.79. The lowest BCUT2D eigenvalue weighted by atomic mass is 9.83. The zero-order chi connectivity index (χ0) is 9.14. The smallest absolute Gasteiger partial charge is 0.234 e. The molecule has 0 aromatic rings. The summed E-state index contributed by atoms with van der Waals surface area (Å²) >= 11 is 0. The number of aliphatic hydroxyl groups excluding tert-OH is 1. The summed E-state index contributed by atoms with van der Waals surface area (Å²) in [6, 6.07) is -0.530. The monoisotopic (exact) mass is 172 g/mol. The molecule has 70 valence electrons. The normalized spacial score (nSPS) is 32.8. The van der Waals surface area contributed by atoms with Gasteiger partial charge in [-0.3, -0.25) is 4.79 Å². The molecule has 0 aromatic carbocycles. The van der Waals surface area contributed by atoms with Crippen LogP contribution in [-0.4, -0.2) is 23.2 Å². The largest absolute Gasteiger partial charge is 0.393 e. The maximum atomic E-state index is 10.7. The number of hydrogen-bond acceptors (Lipinski definition) is 3. The van der Waals surface area contributed by atoms with E-state index in [1.807, 2.05) is 0 Å². The Morgan fingerprint density at radius 3 is 2.25 bits per heavy atom. The number of aliphatic hydroxyl groups is 1. The van der Waals surface area contributed by atoms with E-state index in [4.69, 9.17) is 11.5 Å². The average Bonchev–Trinajstić information content (AvgIpc) is 2.04. The van der Waals surface area contributed by atoms with E-state index in [1.54, 1.807) is 0 Å². The van der Waals surface area contributed by atoms with Gasteiger partial charge in [0.15, 0.2) is 0 Å². The molecule has 1 fully saturated rings. The topological polar surface area (TPSA) is 89.3 Å². The van der Waals surface area contributed by atoms with Crippen LogP contribution in [0.15, 0.2) is 0 Å². The fraction of sp³-hybridized carbons (Fsp3) is 0.875. The molecule has 12 heavy (non-hydrogen) atoms. The van der Waals surface area contributed by atoms with Crippen LogP contribution in [-0.2, 0) is 4.79 Å². The lowest BCUT2D eigenvalue weighted by Gasteiger charge is -2.28. The van der Waals surface area contributed by atoms with Crippen molar-refractivity contribution in [1.82, 2.24) is 0 Å². The van der Waals surface area contributed by atoms with Gasteiger partial charge in [-0.05, 0) is 31.6 Å². The van der Waals surface area contributed by atoms with Gasteiger partial charge in [0.1, 0.15) is 0 Å². The molecule has 0 heterocycles. The molecule has 1 aliphatic carbocycles. The predicted molar refractivity (Wildman–Crippen MR) is 45.1 cm³/mol.